The summed E-state index contributed by atoms with van der Waals surface area (Å²) in [5.41, 5.74) is 5.13. The third-order valence-electron chi connectivity index (χ3n) is 5.32. The van der Waals surface area contributed by atoms with E-state index in [9.17, 15) is 0 Å². The first-order chi connectivity index (χ1) is 12.1. The molecule has 0 bridgehead atoms. The molecule has 1 aliphatic rings. The van der Waals surface area contributed by atoms with Crippen molar-refractivity contribution >= 4 is 16.5 Å². The molecule has 3 nitrogen and oxygen atoms in total. The maximum atomic E-state index is 2.38. The molecule has 4 rings (SSSR count). The highest BCUT2D eigenvalue weighted by atomic mass is 15.4. The lowest BCUT2D eigenvalue weighted by Crippen LogP contribution is -2.34. The number of hydrogen-bond acceptors (Lipinski definition) is 2. The molecule has 0 radical (unpaired) electrons. The van der Waals surface area contributed by atoms with Crippen LogP contribution in [-0.4, -0.2) is 18.1 Å². The molecule has 0 N–H and O–H groups in total. The van der Waals surface area contributed by atoms with Crippen molar-refractivity contribution < 1.29 is 4.57 Å². The average molecular weight is 330 g/mol. The van der Waals surface area contributed by atoms with Crippen LogP contribution in [0, 0.1) is 6.92 Å². The van der Waals surface area contributed by atoms with Crippen LogP contribution in [0.25, 0.3) is 22.0 Å². The van der Waals surface area contributed by atoms with Gasteiger partial charge in [0.2, 0.25) is 5.69 Å². The fourth-order valence-electron chi connectivity index (χ4n) is 3.72. The van der Waals surface area contributed by atoms with Crippen LogP contribution < -0.4 is 9.47 Å². The van der Waals surface area contributed by atoms with Gasteiger partial charge in [-0.15, -0.1) is 0 Å². The van der Waals surface area contributed by atoms with Gasteiger partial charge in [-0.1, -0.05) is 24.3 Å². The van der Waals surface area contributed by atoms with E-state index in [0.29, 0.717) is 6.17 Å². The Morgan fingerprint density at radius 3 is 2.48 bits per heavy atom. The number of benzene rings is 2. The molecule has 25 heavy (non-hydrogen) atoms. The molecule has 1 aliphatic heterocycles. The van der Waals surface area contributed by atoms with Gasteiger partial charge in [-0.05, 0) is 36.9 Å². The fraction of sp³-hybridized carbons (Fsp3) is 0.227. The van der Waals surface area contributed by atoms with E-state index >= 15 is 0 Å². The summed E-state index contributed by atoms with van der Waals surface area (Å²) >= 11 is 0. The Kier molecular flexibility index (Phi) is 3.72. The molecule has 0 saturated carbocycles. The smallest absolute Gasteiger partial charge is 0.212 e. The van der Waals surface area contributed by atoms with Gasteiger partial charge >= 0.3 is 0 Å². The summed E-state index contributed by atoms with van der Waals surface area (Å²) in [4.78, 5) is 4.62. The number of nitrogens with zero attached hydrogens (tertiary/aromatic N) is 3. The predicted molar refractivity (Wildman–Crippen MR) is 104 cm³/mol. The number of aromatic nitrogens is 1. The molecule has 3 heteroatoms. The van der Waals surface area contributed by atoms with Crippen molar-refractivity contribution in [3.05, 3.63) is 72.7 Å². The zero-order valence-corrected chi connectivity index (χ0v) is 15.3. The van der Waals surface area contributed by atoms with Crippen molar-refractivity contribution in [2.75, 3.05) is 11.9 Å². The van der Waals surface area contributed by atoms with Crippen molar-refractivity contribution in [1.82, 2.24) is 4.90 Å². The van der Waals surface area contributed by atoms with Gasteiger partial charge in [0, 0.05) is 37.0 Å². The fourth-order valence-corrected chi connectivity index (χ4v) is 3.72. The third-order valence-corrected chi connectivity index (χ3v) is 5.32. The molecule has 0 unspecified atom stereocenters. The number of hydrogen-bond donors (Lipinski definition) is 0. The van der Waals surface area contributed by atoms with Gasteiger partial charge in [0.15, 0.2) is 6.20 Å². The average Bonchev–Trinajstić information content (AvgIpc) is 2.94. The van der Waals surface area contributed by atoms with Crippen molar-refractivity contribution in [3.8, 4) is 11.3 Å². The van der Waals surface area contributed by atoms with E-state index in [1.165, 1.54) is 33.3 Å². The Morgan fingerprint density at radius 2 is 1.76 bits per heavy atom. The Morgan fingerprint density at radius 1 is 1.00 bits per heavy atom. The first-order valence-corrected chi connectivity index (χ1v) is 8.74. The van der Waals surface area contributed by atoms with Gasteiger partial charge in [-0.3, -0.25) is 0 Å². The normalized spacial score (nSPS) is 16.9. The maximum Gasteiger partial charge on any atom is 0.212 e. The molecule has 0 aliphatic carbocycles. The Balaban J connectivity index is 2.03. The second-order valence-electron chi connectivity index (χ2n) is 6.82. The van der Waals surface area contributed by atoms with Crippen LogP contribution in [0.4, 0.5) is 5.69 Å². The topological polar surface area (TPSA) is 10.4 Å². The summed E-state index contributed by atoms with van der Waals surface area (Å²) in [6.07, 6.45) is 6.75. The standard InChI is InChI=1S/C22H24N3/c1-16-20(21-11-7-8-12-24(21)4)15-18-9-5-6-10-19(18)22(16)25-14-13-23(3)17(25)2/h5-15,17H,1-4H3/q+1/t17-/m0/s1. The van der Waals surface area contributed by atoms with Gasteiger partial charge in [0.25, 0.3) is 0 Å². The van der Waals surface area contributed by atoms with Gasteiger partial charge < -0.3 is 9.80 Å². The van der Waals surface area contributed by atoms with Crippen molar-refractivity contribution in [2.45, 2.75) is 20.0 Å². The van der Waals surface area contributed by atoms with Crippen molar-refractivity contribution in [2.24, 2.45) is 7.05 Å². The van der Waals surface area contributed by atoms with Gasteiger partial charge in [0.05, 0.1) is 11.3 Å². The van der Waals surface area contributed by atoms with E-state index < -0.39 is 0 Å². The summed E-state index contributed by atoms with van der Waals surface area (Å²) in [5.74, 6) is 0. The van der Waals surface area contributed by atoms with Crippen molar-refractivity contribution in [1.29, 1.82) is 0 Å². The Hall–Kier alpha value is -2.81. The predicted octanol–water partition coefficient (Wildman–Crippen LogP) is 4.21. The van der Waals surface area contributed by atoms with Crippen LogP contribution >= 0.6 is 0 Å². The zero-order valence-electron chi connectivity index (χ0n) is 15.3. The molecule has 1 aromatic heterocycles. The first kappa shape index (κ1) is 15.7. The van der Waals surface area contributed by atoms with Crippen LogP contribution in [0.1, 0.15) is 12.5 Å². The summed E-state index contributed by atoms with van der Waals surface area (Å²) in [5, 5.41) is 2.58. The van der Waals surface area contributed by atoms with Gasteiger partial charge in [-0.25, -0.2) is 4.57 Å². The number of pyridine rings is 1. The molecule has 2 heterocycles. The first-order valence-electron chi connectivity index (χ1n) is 8.74. The molecular weight excluding hydrogens is 306 g/mol. The lowest BCUT2D eigenvalue weighted by molar-refractivity contribution is -0.660. The lowest BCUT2D eigenvalue weighted by atomic mass is 9.95. The van der Waals surface area contributed by atoms with Crippen molar-refractivity contribution in [3.63, 3.8) is 0 Å². The van der Waals surface area contributed by atoms with E-state index in [-0.39, 0.29) is 0 Å². The highest BCUT2D eigenvalue weighted by molar-refractivity contribution is 6.00. The molecule has 126 valence electrons. The number of anilines is 1. The highest BCUT2D eigenvalue weighted by Gasteiger charge is 2.26. The number of rotatable bonds is 2. The second kappa shape index (κ2) is 5.92. The molecule has 0 saturated heterocycles. The van der Waals surface area contributed by atoms with Crippen LogP contribution in [0.5, 0.6) is 0 Å². The molecular formula is C22H24N3+. The van der Waals surface area contributed by atoms with E-state index in [0.717, 1.165) is 0 Å². The lowest BCUT2D eigenvalue weighted by Gasteiger charge is -2.30. The summed E-state index contributed by atoms with van der Waals surface area (Å²) in [6.45, 7) is 4.48. The third kappa shape index (κ3) is 2.47. The summed E-state index contributed by atoms with van der Waals surface area (Å²) in [7, 11) is 4.23. The SMILES string of the molecule is Cc1c(-c2cccc[n+]2C)cc2ccccc2c1N1C=CN(C)[C@@H]1C. The monoisotopic (exact) mass is 330 g/mol. The van der Waals surface area contributed by atoms with Gasteiger partial charge in [-0.2, -0.15) is 0 Å². The maximum absolute atomic E-state index is 2.38. The summed E-state index contributed by atoms with van der Waals surface area (Å²) in [6, 6.07) is 17.4. The highest BCUT2D eigenvalue weighted by Crippen LogP contribution is 2.39. The largest absolute Gasteiger partial charge is 0.359 e. The minimum absolute atomic E-state index is 0.307. The number of fused-ring (bicyclic) bond motifs is 1. The minimum atomic E-state index is 0.307. The second-order valence-corrected chi connectivity index (χ2v) is 6.82. The molecule has 3 aromatic rings. The Labute approximate surface area is 149 Å². The van der Waals surface area contributed by atoms with E-state index in [4.69, 9.17) is 0 Å². The summed E-state index contributed by atoms with van der Waals surface area (Å²) < 4.78 is 2.19. The van der Waals surface area contributed by atoms with Gasteiger partial charge in [0.1, 0.15) is 13.2 Å². The Bertz CT molecular complexity index is 974. The molecule has 0 spiro atoms. The van der Waals surface area contributed by atoms with Crippen LogP contribution in [-0.2, 0) is 7.05 Å². The zero-order chi connectivity index (χ0) is 17.6. The van der Waals surface area contributed by atoms with E-state index in [2.05, 4.69) is 109 Å². The number of aryl methyl sites for hydroxylation is 1. The molecule has 1 atom stereocenters. The molecule has 0 amide bonds. The quantitative estimate of drug-likeness (QED) is 0.652. The van der Waals surface area contributed by atoms with Crippen LogP contribution in [0.3, 0.4) is 0 Å². The molecule has 2 aromatic carbocycles. The van der Waals surface area contributed by atoms with E-state index in [1.807, 2.05) is 0 Å². The van der Waals surface area contributed by atoms with E-state index in [1.54, 1.807) is 0 Å². The minimum Gasteiger partial charge on any atom is -0.359 e. The molecule has 0 fully saturated rings. The van der Waals surface area contributed by atoms with Crippen LogP contribution in [0.15, 0.2) is 67.1 Å². The van der Waals surface area contributed by atoms with Crippen LogP contribution in [0.2, 0.25) is 0 Å².